The molecule has 0 aromatic heterocycles. The van der Waals surface area contributed by atoms with Crippen molar-refractivity contribution in [2.75, 3.05) is 0 Å². The van der Waals surface area contributed by atoms with E-state index in [-0.39, 0.29) is 5.82 Å². The minimum absolute atomic E-state index is 0.317. The Morgan fingerprint density at radius 3 is 2.47 bits per heavy atom. The fourth-order valence-electron chi connectivity index (χ4n) is 1.50. The third kappa shape index (κ3) is 3.09. The summed E-state index contributed by atoms with van der Waals surface area (Å²) in [6, 6.07) is 13.5. The molecule has 0 saturated carbocycles. The molecule has 0 unspecified atom stereocenters. The van der Waals surface area contributed by atoms with E-state index in [0.717, 1.165) is 5.56 Å². The number of hydrogen-bond donors (Lipinski definition) is 0. The van der Waals surface area contributed by atoms with Crippen molar-refractivity contribution in [3.8, 4) is 23.8 Å². The smallest absolute Gasteiger partial charge is 0.130 e. The van der Waals surface area contributed by atoms with Crippen LogP contribution < -0.4 is 4.74 Å². The molecule has 0 radical (unpaired) electrons. The topological polar surface area (TPSA) is 9.23 Å². The zero-order chi connectivity index (χ0) is 12.1. The molecule has 0 aliphatic rings. The molecule has 0 atom stereocenters. The second-order valence-corrected chi connectivity index (χ2v) is 3.59. The van der Waals surface area contributed by atoms with Gasteiger partial charge in [-0.25, -0.2) is 4.39 Å². The first-order valence-corrected chi connectivity index (χ1v) is 5.24. The van der Waals surface area contributed by atoms with Crippen LogP contribution in [0.15, 0.2) is 48.5 Å². The molecule has 2 heteroatoms. The molecule has 0 aliphatic carbocycles. The molecule has 0 fully saturated rings. The van der Waals surface area contributed by atoms with Crippen molar-refractivity contribution in [1.82, 2.24) is 0 Å². The Morgan fingerprint density at radius 1 is 1.06 bits per heavy atom. The van der Waals surface area contributed by atoms with Crippen molar-refractivity contribution in [3.63, 3.8) is 0 Å². The van der Waals surface area contributed by atoms with Gasteiger partial charge in [0.2, 0.25) is 0 Å². The third-order valence-corrected chi connectivity index (χ3v) is 2.24. The van der Waals surface area contributed by atoms with Crippen LogP contribution in [-0.4, -0.2) is 0 Å². The zero-order valence-corrected chi connectivity index (χ0v) is 9.19. The van der Waals surface area contributed by atoms with Crippen LogP contribution in [0.25, 0.3) is 0 Å². The lowest BCUT2D eigenvalue weighted by atomic mass is 10.1. The first-order chi connectivity index (χ1) is 8.28. The third-order valence-electron chi connectivity index (χ3n) is 2.24. The van der Waals surface area contributed by atoms with Crippen LogP contribution in [0, 0.1) is 18.2 Å². The standard InChI is InChI=1S/C15H11FO/c1-2-5-12-6-3-8-14(10-12)17-15-9-4-7-13(16)11-15/h1,3-4,6-11H,5H2. The second kappa shape index (κ2) is 5.18. The lowest BCUT2D eigenvalue weighted by Gasteiger charge is -2.06. The van der Waals surface area contributed by atoms with Crippen molar-refractivity contribution in [3.05, 3.63) is 59.9 Å². The lowest BCUT2D eigenvalue weighted by Crippen LogP contribution is -1.87. The van der Waals surface area contributed by atoms with Gasteiger partial charge in [0.05, 0.1) is 0 Å². The summed E-state index contributed by atoms with van der Waals surface area (Å²) < 4.78 is 18.5. The van der Waals surface area contributed by atoms with Crippen LogP contribution in [0.1, 0.15) is 5.56 Å². The van der Waals surface area contributed by atoms with Crippen LogP contribution >= 0.6 is 0 Å². The maximum atomic E-state index is 13.0. The normalized spacial score (nSPS) is 9.65. The highest BCUT2D eigenvalue weighted by Gasteiger charge is 1.99. The predicted octanol–water partition coefficient (Wildman–Crippen LogP) is 3.79. The Labute approximate surface area is 99.9 Å². The Balaban J connectivity index is 2.19. The number of hydrogen-bond acceptors (Lipinski definition) is 1. The molecule has 2 aromatic carbocycles. The van der Waals surface area contributed by atoms with E-state index in [1.54, 1.807) is 12.1 Å². The molecule has 0 aliphatic heterocycles. The fraction of sp³-hybridized carbons (Fsp3) is 0.0667. The second-order valence-electron chi connectivity index (χ2n) is 3.59. The van der Waals surface area contributed by atoms with Crippen LogP contribution in [0.2, 0.25) is 0 Å². The number of ether oxygens (including phenoxy) is 1. The molecule has 0 spiro atoms. The number of terminal acetylenes is 1. The summed E-state index contributed by atoms with van der Waals surface area (Å²) in [5.74, 6) is 3.38. The highest BCUT2D eigenvalue weighted by atomic mass is 19.1. The number of rotatable bonds is 3. The van der Waals surface area contributed by atoms with Gasteiger partial charge in [-0.3, -0.25) is 0 Å². The highest BCUT2D eigenvalue weighted by Crippen LogP contribution is 2.22. The molecule has 84 valence electrons. The largest absolute Gasteiger partial charge is 0.457 e. The lowest BCUT2D eigenvalue weighted by molar-refractivity contribution is 0.476. The van der Waals surface area contributed by atoms with Crippen LogP contribution in [0.3, 0.4) is 0 Å². The Kier molecular flexibility index (Phi) is 3.42. The van der Waals surface area contributed by atoms with Crippen molar-refractivity contribution in [1.29, 1.82) is 0 Å². The van der Waals surface area contributed by atoms with Crippen LogP contribution in [0.5, 0.6) is 11.5 Å². The average Bonchev–Trinajstić information content (AvgIpc) is 2.30. The minimum atomic E-state index is -0.317. The molecular weight excluding hydrogens is 215 g/mol. The van der Waals surface area contributed by atoms with Gasteiger partial charge >= 0.3 is 0 Å². The molecule has 0 heterocycles. The van der Waals surface area contributed by atoms with Gasteiger partial charge in [-0.1, -0.05) is 18.2 Å². The summed E-state index contributed by atoms with van der Waals surface area (Å²) in [6.45, 7) is 0. The van der Waals surface area contributed by atoms with Crippen LogP contribution in [0.4, 0.5) is 4.39 Å². The Morgan fingerprint density at radius 2 is 1.76 bits per heavy atom. The van der Waals surface area contributed by atoms with E-state index < -0.39 is 0 Å². The quantitative estimate of drug-likeness (QED) is 0.723. The molecule has 17 heavy (non-hydrogen) atoms. The van der Waals surface area contributed by atoms with E-state index in [2.05, 4.69) is 5.92 Å². The average molecular weight is 226 g/mol. The number of halogens is 1. The van der Waals surface area contributed by atoms with Crippen molar-refractivity contribution < 1.29 is 9.13 Å². The fourth-order valence-corrected chi connectivity index (χ4v) is 1.50. The molecular formula is C15H11FO. The highest BCUT2D eigenvalue weighted by molar-refractivity contribution is 5.35. The van der Waals surface area contributed by atoms with Gasteiger partial charge in [0, 0.05) is 12.5 Å². The van der Waals surface area contributed by atoms with E-state index >= 15 is 0 Å². The Hall–Kier alpha value is -2.27. The van der Waals surface area contributed by atoms with Crippen molar-refractivity contribution in [2.24, 2.45) is 0 Å². The summed E-state index contributed by atoms with van der Waals surface area (Å²) in [7, 11) is 0. The molecule has 2 aromatic rings. The molecule has 0 amide bonds. The van der Waals surface area contributed by atoms with Gasteiger partial charge < -0.3 is 4.74 Å². The monoisotopic (exact) mass is 226 g/mol. The zero-order valence-electron chi connectivity index (χ0n) is 9.19. The van der Waals surface area contributed by atoms with Gasteiger partial charge in [0.25, 0.3) is 0 Å². The van der Waals surface area contributed by atoms with E-state index in [1.165, 1.54) is 12.1 Å². The molecule has 0 bridgehead atoms. The first kappa shape index (κ1) is 11.2. The van der Waals surface area contributed by atoms with Gasteiger partial charge in [-0.15, -0.1) is 12.3 Å². The minimum Gasteiger partial charge on any atom is -0.457 e. The van der Waals surface area contributed by atoms with E-state index in [4.69, 9.17) is 11.2 Å². The molecule has 0 saturated heterocycles. The summed E-state index contributed by atoms with van der Waals surface area (Å²) in [6.07, 6.45) is 5.80. The maximum absolute atomic E-state index is 13.0. The van der Waals surface area contributed by atoms with E-state index in [1.807, 2.05) is 24.3 Å². The van der Waals surface area contributed by atoms with Crippen LogP contribution in [-0.2, 0) is 6.42 Å². The summed E-state index contributed by atoms with van der Waals surface area (Å²) in [5, 5.41) is 0. The summed E-state index contributed by atoms with van der Waals surface area (Å²) in [4.78, 5) is 0. The van der Waals surface area contributed by atoms with E-state index in [9.17, 15) is 4.39 Å². The molecule has 0 N–H and O–H groups in total. The predicted molar refractivity (Wildman–Crippen MR) is 65.5 cm³/mol. The number of benzene rings is 2. The molecule has 2 rings (SSSR count). The van der Waals surface area contributed by atoms with Crippen molar-refractivity contribution >= 4 is 0 Å². The Bertz CT molecular complexity index is 555. The SMILES string of the molecule is C#CCc1cccc(Oc2cccc(F)c2)c1. The van der Waals surface area contributed by atoms with Gasteiger partial charge in [0.1, 0.15) is 17.3 Å². The van der Waals surface area contributed by atoms with Gasteiger partial charge in [-0.05, 0) is 29.8 Å². The maximum Gasteiger partial charge on any atom is 0.130 e. The first-order valence-electron chi connectivity index (χ1n) is 5.24. The van der Waals surface area contributed by atoms with Crippen molar-refractivity contribution in [2.45, 2.75) is 6.42 Å². The van der Waals surface area contributed by atoms with Gasteiger partial charge in [0.15, 0.2) is 0 Å². The molecule has 1 nitrogen and oxygen atoms in total. The summed E-state index contributed by atoms with van der Waals surface area (Å²) >= 11 is 0. The van der Waals surface area contributed by atoms with E-state index in [0.29, 0.717) is 17.9 Å². The van der Waals surface area contributed by atoms with Gasteiger partial charge in [-0.2, -0.15) is 0 Å². The summed E-state index contributed by atoms with van der Waals surface area (Å²) in [5.41, 5.74) is 1.00.